The van der Waals surface area contributed by atoms with Crippen molar-refractivity contribution >= 4 is 39.3 Å². The minimum atomic E-state index is -0.876. The predicted octanol–water partition coefficient (Wildman–Crippen LogP) is 1.68. The highest BCUT2D eigenvalue weighted by Crippen LogP contribution is 2.37. The molecule has 2 heterocycles. The van der Waals surface area contributed by atoms with E-state index in [0.717, 1.165) is 15.7 Å². The van der Waals surface area contributed by atoms with Crippen LogP contribution < -0.4 is 15.5 Å². The van der Waals surface area contributed by atoms with Crippen LogP contribution in [0.1, 0.15) is 24.1 Å². The van der Waals surface area contributed by atoms with Gasteiger partial charge in [0.1, 0.15) is 6.04 Å². The summed E-state index contributed by atoms with van der Waals surface area (Å²) in [5.74, 6) is -1.90. The molecule has 1 aliphatic heterocycles. The molecule has 1 aromatic heterocycles. The van der Waals surface area contributed by atoms with Gasteiger partial charge in [-0.25, -0.2) is 0 Å². The van der Waals surface area contributed by atoms with Crippen LogP contribution in [0.2, 0.25) is 0 Å². The van der Waals surface area contributed by atoms with Crippen molar-refractivity contribution in [3.63, 3.8) is 0 Å². The van der Waals surface area contributed by atoms with Gasteiger partial charge in [-0.2, -0.15) is 0 Å². The molecule has 8 heteroatoms. The van der Waals surface area contributed by atoms with Crippen LogP contribution in [0, 0.1) is 0 Å². The Hall–Kier alpha value is -2.74. The van der Waals surface area contributed by atoms with E-state index in [1.807, 2.05) is 19.1 Å². The lowest BCUT2D eigenvalue weighted by molar-refractivity contribution is -0.140. The summed E-state index contributed by atoms with van der Waals surface area (Å²) < 4.78 is 0.794. The molecular formula is C18H17BrN4O3. The van der Waals surface area contributed by atoms with Gasteiger partial charge in [-0.1, -0.05) is 22.0 Å². The first-order valence-electron chi connectivity index (χ1n) is 8.09. The molecule has 0 aliphatic carbocycles. The average Bonchev–Trinajstić information content (AvgIpc) is 2.91. The van der Waals surface area contributed by atoms with Crippen molar-refractivity contribution in [2.45, 2.75) is 19.5 Å². The first kappa shape index (κ1) is 18.1. The Labute approximate surface area is 158 Å². The molecule has 26 heavy (non-hydrogen) atoms. The summed E-state index contributed by atoms with van der Waals surface area (Å²) >= 11 is 3.37. The molecule has 3 rings (SSSR count). The number of rotatable bonds is 4. The Bertz CT molecular complexity index is 857. The Morgan fingerprint density at radius 3 is 2.77 bits per heavy atom. The van der Waals surface area contributed by atoms with E-state index in [4.69, 9.17) is 0 Å². The smallest absolute Gasteiger partial charge is 0.310 e. The van der Waals surface area contributed by atoms with Gasteiger partial charge < -0.3 is 15.5 Å². The normalized spacial score (nSPS) is 15.5. The third-order valence-corrected chi connectivity index (χ3v) is 4.57. The van der Waals surface area contributed by atoms with E-state index in [1.54, 1.807) is 35.5 Å². The number of amides is 3. The molecule has 3 amide bonds. The van der Waals surface area contributed by atoms with E-state index >= 15 is 0 Å². The fourth-order valence-corrected chi connectivity index (χ4v) is 3.22. The van der Waals surface area contributed by atoms with Crippen molar-refractivity contribution < 1.29 is 14.4 Å². The first-order chi connectivity index (χ1) is 12.5. The van der Waals surface area contributed by atoms with Gasteiger partial charge in [0.05, 0.1) is 0 Å². The summed E-state index contributed by atoms with van der Waals surface area (Å²) in [4.78, 5) is 42.4. The van der Waals surface area contributed by atoms with Crippen LogP contribution in [-0.2, 0) is 20.9 Å². The van der Waals surface area contributed by atoms with Crippen LogP contribution in [0.3, 0.4) is 0 Å². The van der Waals surface area contributed by atoms with E-state index in [2.05, 4.69) is 31.5 Å². The second kappa shape index (κ2) is 7.65. The highest BCUT2D eigenvalue weighted by Gasteiger charge is 2.38. The standard InChI is InChI=1S/C18H17BrN4O3/c1-2-23-14-6-5-12(19)8-13(14)15(18(23)26)22-17(25)16(24)21-10-11-4-3-7-20-9-11/h3-9,15H,2,10H2,1H3,(H,21,24)(H,22,25)/t15-/m1/s1. The van der Waals surface area contributed by atoms with Gasteiger partial charge in [0.15, 0.2) is 0 Å². The van der Waals surface area contributed by atoms with E-state index in [9.17, 15) is 14.4 Å². The number of hydrogen-bond acceptors (Lipinski definition) is 4. The lowest BCUT2D eigenvalue weighted by atomic mass is 10.1. The van der Waals surface area contributed by atoms with Crippen molar-refractivity contribution in [2.24, 2.45) is 0 Å². The number of fused-ring (bicyclic) bond motifs is 1. The number of halogens is 1. The van der Waals surface area contributed by atoms with Gasteiger partial charge in [-0.15, -0.1) is 0 Å². The summed E-state index contributed by atoms with van der Waals surface area (Å²) in [7, 11) is 0. The number of benzene rings is 1. The summed E-state index contributed by atoms with van der Waals surface area (Å²) in [5.41, 5.74) is 2.18. The molecular weight excluding hydrogens is 400 g/mol. The highest BCUT2D eigenvalue weighted by molar-refractivity contribution is 9.10. The first-order valence-corrected chi connectivity index (χ1v) is 8.89. The van der Waals surface area contributed by atoms with E-state index in [-0.39, 0.29) is 12.5 Å². The topological polar surface area (TPSA) is 91.4 Å². The molecule has 0 fully saturated rings. The number of nitrogens with one attached hydrogen (secondary N) is 2. The van der Waals surface area contributed by atoms with Crippen LogP contribution in [0.4, 0.5) is 5.69 Å². The van der Waals surface area contributed by atoms with Crippen LogP contribution >= 0.6 is 15.9 Å². The molecule has 0 unspecified atom stereocenters. The number of pyridine rings is 1. The van der Waals surface area contributed by atoms with Crippen LogP contribution in [0.25, 0.3) is 0 Å². The van der Waals surface area contributed by atoms with Crippen LogP contribution in [0.15, 0.2) is 47.2 Å². The average molecular weight is 417 g/mol. The second-order valence-electron chi connectivity index (χ2n) is 5.74. The number of likely N-dealkylation sites (N-methyl/N-ethyl adjacent to an activating group) is 1. The quantitative estimate of drug-likeness (QED) is 0.741. The van der Waals surface area contributed by atoms with Crippen molar-refractivity contribution in [1.29, 1.82) is 0 Å². The molecule has 7 nitrogen and oxygen atoms in total. The van der Waals surface area contributed by atoms with Crippen molar-refractivity contribution in [3.05, 3.63) is 58.3 Å². The Kier molecular flexibility index (Phi) is 5.32. The molecule has 1 aliphatic rings. The van der Waals surface area contributed by atoms with Gasteiger partial charge in [0.2, 0.25) is 0 Å². The molecule has 2 aromatic rings. The summed E-state index contributed by atoms with van der Waals surface area (Å²) in [6.07, 6.45) is 3.23. The molecule has 1 atom stereocenters. The van der Waals surface area contributed by atoms with Gasteiger partial charge >= 0.3 is 11.8 Å². The Balaban J connectivity index is 1.70. The number of aromatic nitrogens is 1. The maximum atomic E-state index is 12.6. The Morgan fingerprint density at radius 1 is 1.27 bits per heavy atom. The summed E-state index contributed by atoms with van der Waals surface area (Å²) in [5, 5.41) is 5.06. The number of carbonyl (C=O) groups is 3. The lowest BCUT2D eigenvalue weighted by Crippen LogP contribution is -2.44. The third kappa shape index (κ3) is 3.60. The largest absolute Gasteiger partial charge is 0.344 e. The number of anilines is 1. The predicted molar refractivity (Wildman–Crippen MR) is 99.1 cm³/mol. The summed E-state index contributed by atoms with van der Waals surface area (Å²) in [6, 6.07) is 8.08. The second-order valence-corrected chi connectivity index (χ2v) is 6.65. The van der Waals surface area contributed by atoms with E-state index < -0.39 is 17.9 Å². The van der Waals surface area contributed by atoms with Crippen molar-refractivity contribution in [2.75, 3.05) is 11.4 Å². The molecule has 2 N–H and O–H groups in total. The number of carbonyl (C=O) groups excluding carboxylic acids is 3. The monoisotopic (exact) mass is 416 g/mol. The fourth-order valence-electron chi connectivity index (χ4n) is 2.84. The third-order valence-electron chi connectivity index (χ3n) is 4.08. The molecule has 0 saturated carbocycles. The highest BCUT2D eigenvalue weighted by atomic mass is 79.9. The molecule has 0 spiro atoms. The SMILES string of the molecule is CCN1C(=O)[C@H](NC(=O)C(=O)NCc2cccnc2)c2cc(Br)ccc21. The van der Waals surface area contributed by atoms with Crippen molar-refractivity contribution in [1.82, 2.24) is 15.6 Å². The Morgan fingerprint density at radius 2 is 2.08 bits per heavy atom. The van der Waals surface area contributed by atoms with Gasteiger partial charge in [0, 0.05) is 41.2 Å². The van der Waals surface area contributed by atoms with Gasteiger partial charge in [-0.3, -0.25) is 19.4 Å². The zero-order valence-corrected chi connectivity index (χ0v) is 15.6. The molecule has 0 bridgehead atoms. The summed E-state index contributed by atoms with van der Waals surface area (Å²) in [6.45, 7) is 2.52. The maximum absolute atomic E-state index is 12.6. The number of hydrogen-bond donors (Lipinski definition) is 2. The zero-order chi connectivity index (χ0) is 18.7. The molecule has 1 aromatic carbocycles. The van der Waals surface area contributed by atoms with Gasteiger partial charge in [-0.05, 0) is 36.8 Å². The zero-order valence-electron chi connectivity index (χ0n) is 14.0. The van der Waals surface area contributed by atoms with Crippen molar-refractivity contribution in [3.8, 4) is 0 Å². The molecule has 134 valence electrons. The van der Waals surface area contributed by atoms with E-state index in [0.29, 0.717) is 12.1 Å². The molecule has 0 radical (unpaired) electrons. The van der Waals surface area contributed by atoms with Crippen LogP contribution in [0.5, 0.6) is 0 Å². The van der Waals surface area contributed by atoms with Crippen LogP contribution in [-0.4, -0.2) is 29.3 Å². The minimum absolute atomic E-state index is 0.182. The van der Waals surface area contributed by atoms with Gasteiger partial charge in [0.25, 0.3) is 5.91 Å². The minimum Gasteiger partial charge on any atom is -0.344 e. The number of nitrogens with zero attached hydrogens (tertiary/aromatic N) is 2. The fraction of sp³-hybridized carbons (Fsp3) is 0.222. The maximum Gasteiger partial charge on any atom is 0.310 e. The van der Waals surface area contributed by atoms with E-state index in [1.165, 1.54) is 0 Å². The molecule has 0 saturated heterocycles. The lowest BCUT2D eigenvalue weighted by Gasteiger charge is -2.15.